The van der Waals surface area contributed by atoms with E-state index < -0.39 is 0 Å². The van der Waals surface area contributed by atoms with Crippen LogP contribution in [0.5, 0.6) is 0 Å². The predicted octanol–water partition coefficient (Wildman–Crippen LogP) is 6.35. The third-order valence-corrected chi connectivity index (χ3v) is 4.19. The first kappa shape index (κ1) is 17.9. The van der Waals surface area contributed by atoms with E-state index in [9.17, 15) is 4.79 Å². The summed E-state index contributed by atoms with van der Waals surface area (Å²) in [5.41, 5.74) is 2.18. The molecule has 0 saturated carbocycles. The lowest BCUT2D eigenvalue weighted by Crippen LogP contribution is -1.99. The number of carbonyl (C=O) groups excluding carboxylic acids is 1. The van der Waals surface area contributed by atoms with Crippen LogP contribution in [-0.4, -0.2) is 5.78 Å². The number of aryl methyl sites for hydroxylation is 1. The number of hydrogen-bond donors (Lipinski definition) is 0. The molecule has 0 N–H and O–H groups in total. The molecule has 0 saturated heterocycles. The van der Waals surface area contributed by atoms with Crippen LogP contribution in [0.4, 0.5) is 0 Å². The summed E-state index contributed by atoms with van der Waals surface area (Å²) in [6.07, 6.45) is 13.5. The summed E-state index contributed by atoms with van der Waals surface area (Å²) in [4.78, 5) is 12.1. The first-order valence-electron chi connectivity index (χ1n) is 8.90. The Hall–Kier alpha value is -1.11. The van der Waals surface area contributed by atoms with E-state index in [-0.39, 0.29) is 0 Å². The van der Waals surface area contributed by atoms with E-state index in [1.165, 1.54) is 56.9 Å². The Morgan fingerprint density at radius 2 is 1.29 bits per heavy atom. The van der Waals surface area contributed by atoms with Crippen molar-refractivity contribution in [2.75, 3.05) is 0 Å². The van der Waals surface area contributed by atoms with E-state index in [4.69, 9.17) is 0 Å². The van der Waals surface area contributed by atoms with Gasteiger partial charge in [0.2, 0.25) is 0 Å². The van der Waals surface area contributed by atoms with Gasteiger partial charge in [0.15, 0.2) is 5.78 Å². The van der Waals surface area contributed by atoms with Crippen LogP contribution in [0.25, 0.3) is 0 Å². The van der Waals surface area contributed by atoms with Crippen LogP contribution < -0.4 is 0 Å². The van der Waals surface area contributed by atoms with Gasteiger partial charge in [-0.2, -0.15) is 0 Å². The fourth-order valence-electron chi connectivity index (χ4n) is 2.67. The highest BCUT2D eigenvalue weighted by Gasteiger charge is 2.05. The highest BCUT2D eigenvalue weighted by atomic mass is 16.1. The van der Waals surface area contributed by atoms with Crippen molar-refractivity contribution in [1.82, 2.24) is 0 Å². The molecule has 0 heterocycles. The molecule has 1 aromatic rings. The molecule has 21 heavy (non-hydrogen) atoms. The molecule has 0 aromatic heterocycles. The number of ketones is 1. The van der Waals surface area contributed by atoms with Gasteiger partial charge in [-0.05, 0) is 18.4 Å². The minimum atomic E-state index is 0.306. The van der Waals surface area contributed by atoms with Crippen LogP contribution in [-0.2, 0) is 6.42 Å². The summed E-state index contributed by atoms with van der Waals surface area (Å²) in [7, 11) is 0. The molecule has 0 aliphatic heterocycles. The van der Waals surface area contributed by atoms with Gasteiger partial charge in [0.1, 0.15) is 0 Å². The Balaban J connectivity index is 2.05. The Labute approximate surface area is 131 Å². The first-order valence-corrected chi connectivity index (χ1v) is 8.90. The van der Waals surface area contributed by atoms with Crippen molar-refractivity contribution in [1.29, 1.82) is 0 Å². The third-order valence-electron chi connectivity index (χ3n) is 4.19. The summed E-state index contributed by atoms with van der Waals surface area (Å²) < 4.78 is 0. The van der Waals surface area contributed by atoms with Crippen LogP contribution >= 0.6 is 0 Å². The average molecular weight is 288 g/mol. The van der Waals surface area contributed by atoms with Crippen molar-refractivity contribution in [3.8, 4) is 0 Å². The molecule has 0 bridgehead atoms. The van der Waals surface area contributed by atoms with Crippen LogP contribution in [0.1, 0.15) is 94.0 Å². The zero-order valence-electron chi connectivity index (χ0n) is 14.0. The minimum absolute atomic E-state index is 0.306. The van der Waals surface area contributed by atoms with Crippen molar-refractivity contribution < 1.29 is 4.79 Å². The van der Waals surface area contributed by atoms with Crippen molar-refractivity contribution in [2.24, 2.45) is 0 Å². The van der Waals surface area contributed by atoms with Crippen LogP contribution in [0.2, 0.25) is 0 Å². The molecular weight excluding hydrogens is 256 g/mol. The fraction of sp³-hybridized carbons (Fsp3) is 0.650. The second-order valence-corrected chi connectivity index (χ2v) is 6.05. The van der Waals surface area contributed by atoms with E-state index in [0.717, 1.165) is 18.4 Å². The summed E-state index contributed by atoms with van der Waals surface area (Å²) in [6, 6.07) is 8.11. The topological polar surface area (TPSA) is 17.1 Å². The smallest absolute Gasteiger partial charge is 0.162 e. The second-order valence-electron chi connectivity index (χ2n) is 6.05. The molecular formula is C20H32O. The lowest BCUT2D eigenvalue weighted by molar-refractivity contribution is 0.0979. The van der Waals surface area contributed by atoms with Gasteiger partial charge in [-0.15, -0.1) is 0 Å². The zero-order valence-corrected chi connectivity index (χ0v) is 14.0. The molecule has 1 heteroatoms. The van der Waals surface area contributed by atoms with E-state index in [2.05, 4.69) is 26.0 Å². The molecule has 1 nitrogen and oxygen atoms in total. The number of benzene rings is 1. The third kappa shape index (κ3) is 8.04. The van der Waals surface area contributed by atoms with Gasteiger partial charge < -0.3 is 0 Å². The standard InChI is InChI=1S/C20H32O/c1-3-5-6-7-8-9-10-11-12-13-20(21)19-16-14-18(4-2)15-17-19/h14-17H,3-13H2,1-2H3. The Morgan fingerprint density at radius 3 is 1.81 bits per heavy atom. The van der Waals surface area contributed by atoms with Crippen LogP contribution in [0.3, 0.4) is 0 Å². The summed E-state index contributed by atoms with van der Waals surface area (Å²) >= 11 is 0. The first-order chi connectivity index (χ1) is 10.3. The summed E-state index contributed by atoms with van der Waals surface area (Å²) in [6.45, 7) is 4.39. The second kappa shape index (κ2) is 11.5. The monoisotopic (exact) mass is 288 g/mol. The van der Waals surface area contributed by atoms with E-state index in [1.54, 1.807) is 0 Å². The summed E-state index contributed by atoms with van der Waals surface area (Å²) in [5.74, 6) is 0.306. The lowest BCUT2D eigenvalue weighted by Gasteiger charge is -2.03. The van der Waals surface area contributed by atoms with Gasteiger partial charge in [-0.1, -0.05) is 89.5 Å². The predicted molar refractivity (Wildman–Crippen MR) is 92.0 cm³/mol. The van der Waals surface area contributed by atoms with Gasteiger partial charge in [0.25, 0.3) is 0 Å². The number of rotatable bonds is 12. The van der Waals surface area contributed by atoms with Crippen LogP contribution in [0, 0.1) is 0 Å². The highest BCUT2D eigenvalue weighted by Crippen LogP contribution is 2.13. The number of unbranched alkanes of at least 4 members (excludes halogenated alkanes) is 8. The number of carbonyl (C=O) groups is 1. The molecule has 1 rings (SSSR count). The van der Waals surface area contributed by atoms with Gasteiger partial charge in [-0.3, -0.25) is 4.79 Å². The fourth-order valence-corrected chi connectivity index (χ4v) is 2.67. The van der Waals surface area contributed by atoms with Crippen LogP contribution in [0.15, 0.2) is 24.3 Å². The quantitative estimate of drug-likeness (QED) is 0.323. The molecule has 0 aliphatic rings. The Kier molecular flexibility index (Phi) is 9.86. The minimum Gasteiger partial charge on any atom is -0.294 e. The molecule has 0 fully saturated rings. The maximum atomic E-state index is 12.1. The van der Waals surface area contributed by atoms with Crippen molar-refractivity contribution in [3.05, 3.63) is 35.4 Å². The molecule has 0 atom stereocenters. The average Bonchev–Trinajstić information content (AvgIpc) is 2.53. The maximum Gasteiger partial charge on any atom is 0.162 e. The van der Waals surface area contributed by atoms with Gasteiger partial charge >= 0.3 is 0 Å². The lowest BCUT2D eigenvalue weighted by atomic mass is 10.0. The summed E-state index contributed by atoms with van der Waals surface area (Å²) in [5, 5.41) is 0. The normalized spacial score (nSPS) is 10.8. The van der Waals surface area contributed by atoms with Gasteiger partial charge in [-0.25, -0.2) is 0 Å². The molecule has 1 aromatic carbocycles. The van der Waals surface area contributed by atoms with E-state index >= 15 is 0 Å². The molecule has 0 unspecified atom stereocenters. The molecule has 0 spiro atoms. The highest BCUT2D eigenvalue weighted by molar-refractivity contribution is 5.96. The Bertz CT molecular complexity index is 377. The molecule has 0 amide bonds. The molecule has 118 valence electrons. The van der Waals surface area contributed by atoms with Crippen molar-refractivity contribution >= 4 is 5.78 Å². The Morgan fingerprint density at radius 1 is 0.762 bits per heavy atom. The van der Waals surface area contributed by atoms with Crippen molar-refractivity contribution in [3.63, 3.8) is 0 Å². The van der Waals surface area contributed by atoms with E-state index in [0.29, 0.717) is 12.2 Å². The molecule has 0 radical (unpaired) electrons. The van der Waals surface area contributed by atoms with E-state index in [1.807, 2.05) is 12.1 Å². The zero-order chi connectivity index (χ0) is 15.3. The van der Waals surface area contributed by atoms with Gasteiger partial charge in [0.05, 0.1) is 0 Å². The maximum absolute atomic E-state index is 12.1. The number of hydrogen-bond acceptors (Lipinski definition) is 1. The SMILES string of the molecule is CCCCCCCCCCCC(=O)c1ccc(CC)cc1. The number of Topliss-reactive ketones (excluding diaryl/α,β-unsaturated/α-hetero) is 1. The van der Waals surface area contributed by atoms with Crippen molar-refractivity contribution in [2.45, 2.75) is 84.5 Å². The largest absolute Gasteiger partial charge is 0.294 e. The molecule has 0 aliphatic carbocycles. The van der Waals surface area contributed by atoms with Gasteiger partial charge in [0, 0.05) is 12.0 Å².